The smallest absolute Gasteiger partial charge is 0.310 e. The highest BCUT2D eigenvalue weighted by Gasteiger charge is 2.17. The van der Waals surface area contributed by atoms with E-state index in [1.165, 1.54) is 24.8 Å². The predicted octanol–water partition coefficient (Wildman–Crippen LogP) is 4.00. The van der Waals surface area contributed by atoms with E-state index < -0.39 is 5.97 Å². The van der Waals surface area contributed by atoms with Gasteiger partial charge in [0.15, 0.2) is 0 Å². The van der Waals surface area contributed by atoms with Crippen LogP contribution in [0.5, 0.6) is 0 Å². The molecule has 2 nitrogen and oxygen atoms in total. The van der Waals surface area contributed by atoms with E-state index in [4.69, 9.17) is 5.11 Å². The average molecular weight is 234 g/mol. The van der Waals surface area contributed by atoms with Crippen molar-refractivity contribution in [3.63, 3.8) is 0 Å². The summed E-state index contributed by atoms with van der Waals surface area (Å²) >= 11 is 0. The van der Waals surface area contributed by atoms with Crippen molar-refractivity contribution in [2.75, 3.05) is 0 Å². The molecule has 17 heavy (non-hydrogen) atoms. The molecule has 0 aliphatic heterocycles. The molecule has 1 rings (SSSR count). The van der Waals surface area contributed by atoms with E-state index >= 15 is 0 Å². The van der Waals surface area contributed by atoms with Crippen LogP contribution < -0.4 is 0 Å². The average Bonchev–Trinajstić information content (AvgIpc) is 2.30. The van der Waals surface area contributed by atoms with Gasteiger partial charge in [0, 0.05) is 0 Å². The van der Waals surface area contributed by atoms with E-state index in [0.29, 0.717) is 6.42 Å². The van der Waals surface area contributed by atoms with Crippen LogP contribution in [0.1, 0.15) is 56.6 Å². The largest absolute Gasteiger partial charge is 0.481 e. The van der Waals surface area contributed by atoms with E-state index in [1.54, 1.807) is 0 Å². The summed E-state index contributed by atoms with van der Waals surface area (Å²) in [6.45, 7) is 4.11. The Morgan fingerprint density at radius 1 is 1.29 bits per heavy atom. The molecule has 0 aromatic heterocycles. The van der Waals surface area contributed by atoms with Gasteiger partial charge < -0.3 is 5.11 Å². The Morgan fingerprint density at radius 2 is 2.06 bits per heavy atom. The molecule has 0 fully saturated rings. The number of aryl methyl sites for hydroxylation is 1. The van der Waals surface area contributed by atoms with Crippen molar-refractivity contribution in [3.8, 4) is 0 Å². The summed E-state index contributed by atoms with van der Waals surface area (Å²) in [6, 6.07) is 8.04. The Bertz CT molecular complexity index is 358. The van der Waals surface area contributed by atoms with E-state index in [1.807, 2.05) is 19.1 Å². The van der Waals surface area contributed by atoms with Crippen molar-refractivity contribution < 1.29 is 9.90 Å². The number of benzene rings is 1. The number of unbranched alkanes of at least 4 members (excludes halogenated alkanes) is 2. The Labute approximate surface area is 104 Å². The maximum Gasteiger partial charge on any atom is 0.310 e. The van der Waals surface area contributed by atoms with Crippen LogP contribution in [-0.2, 0) is 11.2 Å². The van der Waals surface area contributed by atoms with Crippen molar-refractivity contribution in [1.82, 2.24) is 0 Å². The number of aliphatic carboxylic acids is 1. The van der Waals surface area contributed by atoms with Crippen LogP contribution in [0, 0.1) is 0 Å². The molecule has 1 aromatic carbocycles. The summed E-state index contributed by atoms with van der Waals surface area (Å²) in [4.78, 5) is 11.1. The predicted molar refractivity (Wildman–Crippen MR) is 70.3 cm³/mol. The molecule has 0 aliphatic carbocycles. The van der Waals surface area contributed by atoms with Crippen molar-refractivity contribution in [3.05, 3.63) is 35.4 Å². The Morgan fingerprint density at radius 3 is 2.65 bits per heavy atom. The van der Waals surface area contributed by atoms with Gasteiger partial charge >= 0.3 is 5.97 Å². The Kier molecular flexibility index (Phi) is 5.75. The number of hydrogen-bond donors (Lipinski definition) is 1. The second-order valence-corrected chi connectivity index (χ2v) is 4.50. The maximum atomic E-state index is 11.1. The van der Waals surface area contributed by atoms with Gasteiger partial charge in [-0.05, 0) is 30.4 Å². The fraction of sp³-hybridized carbons (Fsp3) is 0.533. The van der Waals surface area contributed by atoms with Gasteiger partial charge in [-0.15, -0.1) is 0 Å². The molecule has 0 saturated heterocycles. The van der Waals surface area contributed by atoms with Gasteiger partial charge in [0.1, 0.15) is 0 Å². The molecule has 0 radical (unpaired) electrons. The molecule has 1 atom stereocenters. The number of rotatable bonds is 7. The van der Waals surface area contributed by atoms with Gasteiger partial charge in [0.25, 0.3) is 0 Å². The zero-order valence-corrected chi connectivity index (χ0v) is 10.8. The van der Waals surface area contributed by atoms with Crippen LogP contribution in [0.4, 0.5) is 0 Å². The molecule has 0 spiro atoms. The third-order valence-corrected chi connectivity index (χ3v) is 3.13. The van der Waals surface area contributed by atoms with Crippen LogP contribution in [0.2, 0.25) is 0 Å². The van der Waals surface area contributed by atoms with Crippen LogP contribution in [-0.4, -0.2) is 11.1 Å². The van der Waals surface area contributed by atoms with Gasteiger partial charge in [-0.2, -0.15) is 0 Å². The first-order valence-corrected chi connectivity index (χ1v) is 6.50. The number of carboxylic acids is 1. The standard InChI is InChI=1S/C15H22O2/c1-3-5-6-8-12-9-7-10-13(11-12)14(4-2)15(16)17/h7,9-11,14H,3-6,8H2,1-2H3,(H,16,17). The van der Waals surface area contributed by atoms with Gasteiger partial charge in [0.05, 0.1) is 5.92 Å². The molecule has 0 amide bonds. The van der Waals surface area contributed by atoms with Crippen LogP contribution in [0.25, 0.3) is 0 Å². The third kappa shape index (κ3) is 4.22. The van der Waals surface area contributed by atoms with Crippen LogP contribution in [0.3, 0.4) is 0 Å². The van der Waals surface area contributed by atoms with E-state index in [9.17, 15) is 4.79 Å². The first kappa shape index (κ1) is 13.8. The highest BCUT2D eigenvalue weighted by Crippen LogP contribution is 2.21. The monoisotopic (exact) mass is 234 g/mol. The maximum absolute atomic E-state index is 11.1. The number of hydrogen-bond acceptors (Lipinski definition) is 1. The Hall–Kier alpha value is -1.31. The summed E-state index contributed by atoms with van der Waals surface area (Å²) in [5, 5.41) is 9.13. The molecular formula is C15H22O2. The summed E-state index contributed by atoms with van der Waals surface area (Å²) in [6.07, 6.45) is 5.34. The minimum Gasteiger partial charge on any atom is -0.481 e. The van der Waals surface area contributed by atoms with Gasteiger partial charge in [-0.25, -0.2) is 0 Å². The van der Waals surface area contributed by atoms with Crippen molar-refractivity contribution >= 4 is 5.97 Å². The quantitative estimate of drug-likeness (QED) is 0.724. The number of carbonyl (C=O) groups is 1. The van der Waals surface area contributed by atoms with Crippen molar-refractivity contribution in [1.29, 1.82) is 0 Å². The molecule has 0 saturated carbocycles. The zero-order chi connectivity index (χ0) is 12.7. The summed E-state index contributed by atoms with van der Waals surface area (Å²) < 4.78 is 0. The molecule has 0 aliphatic rings. The molecule has 94 valence electrons. The van der Waals surface area contributed by atoms with Crippen LogP contribution >= 0.6 is 0 Å². The fourth-order valence-corrected chi connectivity index (χ4v) is 2.10. The van der Waals surface area contributed by atoms with E-state index in [-0.39, 0.29) is 5.92 Å². The molecule has 1 N–H and O–H groups in total. The fourth-order valence-electron chi connectivity index (χ4n) is 2.10. The van der Waals surface area contributed by atoms with Crippen LogP contribution in [0.15, 0.2) is 24.3 Å². The summed E-state index contributed by atoms with van der Waals surface area (Å²) in [5.74, 6) is -1.08. The molecule has 0 bridgehead atoms. The lowest BCUT2D eigenvalue weighted by atomic mass is 9.94. The van der Waals surface area contributed by atoms with Crippen molar-refractivity contribution in [2.45, 2.75) is 51.9 Å². The second kappa shape index (κ2) is 7.10. The van der Waals surface area contributed by atoms with Gasteiger partial charge in [-0.1, -0.05) is 51.0 Å². The highest BCUT2D eigenvalue weighted by atomic mass is 16.4. The van der Waals surface area contributed by atoms with Gasteiger partial charge in [0.2, 0.25) is 0 Å². The topological polar surface area (TPSA) is 37.3 Å². The lowest BCUT2D eigenvalue weighted by Gasteiger charge is -2.11. The lowest BCUT2D eigenvalue weighted by Crippen LogP contribution is -2.10. The lowest BCUT2D eigenvalue weighted by molar-refractivity contribution is -0.138. The summed E-state index contributed by atoms with van der Waals surface area (Å²) in [5.41, 5.74) is 2.20. The normalized spacial score (nSPS) is 12.4. The highest BCUT2D eigenvalue weighted by molar-refractivity contribution is 5.76. The minimum atomic E-state index is -0.724. The second-order valence-electron chi connectivity index (χ2n) is 4.50. The van der Waals surface area contributed by atoms with E-state index in [0.717, 1.165) is 12.0 Å². The SMILES string of the molecule is CCCCCc1cccc(C(CC)C(=O)O)c1. The molecule has 1 aromatic rings. The molecule has 1 unspecified atom stereocenters. The van der Waals surface area contributed by atoms with Crippen molar-refractivity contribution in [2.24, 2.45) is 0 Å². The summed E-state index contributed by atoms with van der Waals surface area (Å²) in [7, 11) is 0. The van der Waals surface area contributed by atoms with E-state index in [2.05, 4.69) is 19.1 Å². The molecular weight excluding hydrogens is 212 g/mol. The first-order valence-electron chi connectivity index (χ1n) is 6.50. The molecule has 0 heterocycles. The van der Waals surface area contributed by atoms with Gasteiger partial charge in [-0.3, -0.25) is 4.79 Å². The first-order chi connectivity index (χ1) is 8.19. The third-order valence-electron chi connectivity index (χ3n) is 3.13. The zero-order valence-electron chi connectivity index (χ0n) is 10.8. The number of carboxylic acid groups (broad SMARTS) is 1. The minimum absolute atomic E-state index is 0.360. The molecule has 2 heteroatoms. The Balaban J connectivity index is 2.73.